The number of aryl methyl sites for hydroxylation is 1. The number of hydrogen-bond acceptors (Lipinski definition) is 2. The highest BCUT2D eigenvalue weighted by Gasteiger charge is 2.16. The molecule has 1 atom stereocenters. The molecule has 0 fully saturated rings. The maximum absolute atomic E-state index is 13.7. The molecular formula is C18H18FNO. The smallest absolute Gasteiger partial charge is 0.169 e. The van der Waals surface area contributed by atoms with Gasteiger partial charge in [0.15, 0.2) is 11.4 Å². The van der Waals surface area contributed by atoms with E-state index in [9.17, 15) is 4.39 Å². The van der Waals surface area contributed by atoms with Gasteiger partial charge in [0.25, 0.3) is 0 Å². The first-order valence-electron chi connectivity index (χ1n) is 7.17. The molecule has 3 heteroatoms. The first-order valence-corrected chi connectivity index (χ1v) is 7.17. The molecule has 0 aliphatic heterocycles. The van der Waals surface area contributed by atoms with Crippen molar-refractivity contribution >= 4 is 11.0 Å². The van der Waals surface area contributed by atoms with Crippen molar-refractivity contribution in [1.82, 2.24) is 5.32 Å². The van der Waals surface area contributed by atoms with E-state index in [2.05, 4.69) is 17.4 Å². The maximum Gasteiger partial charge on any atom is 0.169 e. The van der Waals surface area contributed by atoms with E-state index in [0.717, 1.165) is 24.0 Å². The molecule has 0 saturated carbocycles. The molecule has 0 aliphatic carbocycles. The molecule has 0 bridgehead atoms. The van der Waals surface area contributed by atoms with E-state index in [1.807, 2.05) is 37.4 Å². The Balaban J connectivity index is 1.80. The van der Waals surface area contributed by atoms with Gasteiger partial charge in [0.05, 0.1) is 6.04 Å². The van der Waals surface area contributed by atoms with Gasteiger partial charge in [0, 0.05) is 5.39 Å². The molecule has 3 aromatic rings. The van der Waals surface area contributed by atoms with Crippen molar-refractivity contribution in [2.45, 2.75) is 18.9 Å². The largest absolute Gasteiger partial charge is 0.456 e. The monoisotopic (exact) mass is 283 g/mol. The van der Waals surface area contributed by atoms with Crippen molar-refractivity contribution in [1.29, 1.82) is 0 Å². The zero-order chi connectivity index (χ0) is 14.7. The molecule has 21 heavy (non-hydrogen) atoms. The second-order valence-corrected chi connectivity index (χ2v) is 5.17. The molecule has 1 heterocycles. The summed E-state index contributed by atoms with van der Waals surface area (Å²) in [6.07, 6.45) is 1.85. The SMILES string of the molecule is CNC(CCc1ccccc1)c1cc2cccc(F)c2o1. The van der Waals surface area contributed by atoms with E-state index >= 15 is 0 Å². The Kier molecular flexibility index (Phi) is 4.02. The summed E-state index contributed by atoms with van der Waals surface area (Å²) in [6, 6.07) is 17.3. The van der Waals surface area contributed by atoms with Gasteiger partial charge in [-0.1, -0.05) is 42.5 Å². The van der Waals surface area contributed by atoms with Gasteiger partial charge in [-0.25, -0.2) is 4.39 Å². The van der Waals surface area contributed by atoms with Crippen LogP contribution in [0.3, 0.4) is 0 Å². The Bertz CT molecular complexity index is 720. The molecule has 2 nitrogen and oxygen atoms in total. The van der Waals surface area contributed by atoms with Gasteiger partial charge in [-0.3, -0.25) is 0 Å². The lowest BCUT2D eigenvalue weighted by molar-refractivity contribution is 0.426. The van der Waals surface area contributed by atoms with Gasteiger partial charge >= 0.3 is 0 Å². The van der Waals surface area contributed by atoms with Gasteiger partial charge in [-0.2, -0.15) is 0 Å². The van der Waals surface area contributed by atoms with E-state index in [4.69, 9.17) is 4.42 Å². The Morgan fingerprint density at radius 2 is 1.90 bits per heavy atom. The fourth-order valence-corrected chi connectivity index (χ4v) is 2.60. The molecule has 3 rings (SSSR count). The molecular weight excluding hydrogens is 265 g/mol. The van der Waals surface area contributed by atoms with Gasteiger partial charge in [-0.05, 0) is 37.6 Å². The minimum absolute atomic E-state index is 0.0806. The van der Waals surface area contributed by atoms with Gasteiger partial charge < -0.3 is 9.73 Å². The highest BCUT2D eigenvalue weighted by molar-refractivity contribution is 5.78. The first-order chi connectivity index (χ1) is 10.3. The minimum Gasteiger partial charge on any atom is -0.456 e. The van der Waals surface area contributed by atoms with Crippen molar-refractivity contribution < 1.29 is 8.81 Å². The third-order valence-corrected chi connectivity index (χ3v) is 3.77. The molecule has 0 spiro atoms. The third-order valence-electron chi connectivity index (χ3n) is 3.77. The number of halogens is 1. The fraction of sp³-hybridized carbons (Fsp3) is 0.222. The molecule has 108 valence electrons. The minimum atomic E-state index is -0.309. The standard InChI is InChI=1S/C18H18FNO/c1-20-16(11-10-13-6-3-2-4-7-13)17-12-14-8-5-9-15(19)18(14)21-17/h2-9,12,16,20H,10-11H2,1H3. The zero-order valence-electron chi connectivity index (χ0n) is 12.0. The van der Waals surface area contributed by atoms with Crippen molar-refractivity contribution in [3.8, 4) is 0 Å². The van der Waals surface area contributed by atoms with E-state index in [0.29, 0.717) is 5.58 Å². The summed E-state index contributed by atoms with van der Waals surface area (Å²) in [4.78, 5) is 0. The van der Waals surface area contributed by atoms with Gasteiger partial charge in [0.1, 0.15) is 5.76 Å². The summed E-state index contributed by atoms with van der Waals surface area (Å²) in [7, 11) is 1.90. The normalized spacial score (nSPS) is 12.7. The molecule has 0 amide bonds. The summed E-state index contributed by atoms with van der Waals surface area (Å²) in [6.45, 7) is 0. The zero-order valence-corrected chi connectivity index (χ0v) is 12.0. The van der Waals surface area contributed by atoms with Crippen LogP contribution in [0.5, 0.6) is 0 Å². The summed E-state index contributed by atoms with van der Waals surface area (Å²) < 4.78 is 19.4. The van der Waals surface area contributed by atoms with Crippen LogP contribution in [0.2, 0.25) is 0 Å². The number of hydrogen-bond donors (Lipinski definition) is 1. The Hall–Kier alpha value is -2.13. The number of para-hydroxylation sites is 1. The number of benzene rings is 2. The van der Waals surface area contributed by atoms with Crippen LogP contribution in [0.15, 0.2) is 59.0 Å². The molecule has 1 aromatic heterocycles. The molecule has 0 aliphatic rings. The van der Waals surface area contributed by atoms with Crippen LogP contribution < -0.4 is 5.32 Å². The van der Waals surface area contributed by atoms with Crippen LogP contribution in [-0.4, -0.2) is 7.05 Å². The summed E-state index contributed by atoms with van der Waals surface area (Å²) >= 11 is 0. The number of furan rings is 1. The summed E-state index contributed by atoms with van der Waals surface area (Å²) in [5.74, 6) is 0.477. The second kappa shape index (κ2) is 6.10. The average Bonchev–Trinajstić information content (AvgIpc) is 2.94. The highest BCUT2D eigenvalue weighted by Crippen LogP contribution is 2.28. The molecule has 0 saturated heterocycles. The number of fused-ring (bicyclic) bond motifs is 1. The fourth-order valence-electron chi connectivity index (χ4n) is 2.60. The molecule has 2 aromatic carbocycles. The lowest BCUT2D eigenvalue weighted by Crippen LogP contribution is -2.16. The van der Waals surface area contributed by atoms with Crippen molar-refractivity contribution in [3.05, 3.63) is 71.7 Å². The first kappa shape index (κ1) is 13.8. The van der Waals surface area contributed by atoms with E-state index in [1.54, 1.807) is 6.07 Å². The molecule has 1 N–H and O–H groups in total. The van der Waals surface area contributed by atoms with Crippen LogP contribution >= 0.6 is 0 Å². The Morgan fingerprint density at radius 3 is 2.62 bits per heavy atom. The van der Waals surface area contributed by atoms with E-state index in [1.165, 1.54) is 11.6 Å². The third kappa shape index (κ3) is 2.98. The Morgan fingerprint density at radius 1 is 1.10 bits per heavy atom. The van der Waals surface area contributed by atoms with Crippen LogP contribution in [0.4, 0.5) is 4.39 Å². The summed E-state index contributed by atoms with van der Waals surface area (Å²) in [5, 5.41) is 4.06. The van der Waals surface area contributed by atoms with Crippen LogP contribution in [-0.2, 0) is 6.42 Å². The molecule has 1 unspecified atom stereocenters. The van der Waals surface area contributed by atoms with E-state index < -0.39 is 0 Å². The van der Waals surface area contributed by atoms with Crippen molar-refractivity contribution in [3.63, 3.8) is 0 Å². The topological polar surface area (TPSA) is 25.2 Å². The molecule has 0 radical (unpaired) electrons. The van der Waals surface area contributed by atoms with Gasteiger partial charge in [0.2, 0.25) is 0 Å². The maximum atomic E-state index is 13.7. The van der Waals surface area contributed by atoms with Crippen molar-refractivity contribution in [2.24, 2.45) is 0 Å². The van der Waals surface area contributed by atoms with Crippen molar-refractivity contribution in [2.75, 3.05) is 7.05 Å². The van der Waals surface area contributed by atoms with E-state index in [-0.39, 0.29) is 11.9 Å². The number of rotatable bonds is 5. The predicted octanol–water partition coefficient (Wildman–Crippen LogP) is 4.47. The lowest BCUT2D eigenvalue weighted by Gasteiger charge is -2.13. The van der Waals surface area contributed by atoms with Crippen LogP contribution in [0.25, 0.3) is 11.0 Å². The predicted molar refractivity (Wildman–Crippen MR) is 82.7 cm³/mol. The average molecular weight is 283 g/mol. The Labute approximate surface area is 123 Å². The second-order valence-electron chi connectivity index (χ2n) is 5.17. The summed E-state index contributed by atoms with van der Waals surface area (Å²) in [5.41, 5.74) is 1.63. The highest BCUT2D eigenvalue weighted by atomic mass is 19.1. The van der Waals surface area contributed by atoms with Gasteiger partial charge in [-0.15, -0.1) is 0 Å². The van der Waals surface area contributed by atoms with Crippen LogP contribution in [0, 0.1) is 5.82 Å². The lowest BCUT2D eigenvalue weighted by atomic mass is 10.0. The van der Waals surface area contributed by atoms with Crippen LogP contribution in [0.1, 0.15) is 23.8 Å². The number of nitrogens with one attached hydrogen (secondary N) is 1. The quantitative estimate of drug-likeness (QED) is 0.747.